The lowest BCUT2D eigenvalue weighted by Gasteiger charge is -2.31. The third-order valence-electron chi connectivity index (χ3n) is 4.11. The van der Waals surface area contributed by atoms with E-state index in [1.807, 2.05) is 19.9 Å². The van der Waals surface area contributed by atoms with Gasteiger partial charge in [0.15, 0.2) is 0 Å². The second-order valence-electron chi connectivity index (χ2n) is 5.70. The van der Waals surface area contributed by atoms with E-state index in [4.69, 9.17) is 10.5 Å². The topological polar surface area (TPSA) is 72.6 Å². The summed E-state index contributed by atoms with van der Waals surface area (Å²) in [4.78, 5) is 0.272. The molecule has 0 unspecified atom stereocenters. The number of methoxy groups -OCH3 is 1. The normalized spacial score (nSPS) is 17.9. The van der Waals surface area contributed by atoms with Crippen LogP contribution in [0.15, 0.2) is 17.0 Å². The number of aryl methyl sites for hydroxylation is 2. The van der Waals surface area contributed by atoms with Crippen molar-refractivity contribution in [3.63, 3.8) is 0 Å². The van der Waals surface area contributed by atoms with Crippen molar-refractivity contribution in [1.29, 1.82) is 0 Å². The molecule has 0 aromatic heterocycles. The molecule has 6 heteroatoms. The van der Waals surface area contributed by atoms with Gasteiger partial charge in [0.25, 0.3) is 0 Å². The van der Waals surface area contributed by atoms with Crippen LogP contribution < -0.4 is 10.5 Å². The molecule has 1 fully saturated rings. The monoisotopic (exact) mass is 312 g/mol. The molecule has 5 nitrogen and oxygen atoms in total. The van der Waals surface area contributed by atoms with E-state index in [9.17, 15) is 8.42 Å². The van der Waals surface area contributed by atoms with Crippen molar-refractivity contribution in [3.05, 3.63) is 23.3 Å². The molecule has 0 radical (unpaired) electrons. The molecule has 1 heterocycles. The van der Waals surface area contributed by atoms with Crippen molar-refractivity contribution < 1.29 is 13.2 Å². The molecule has 0 amide bonds. The van der Waals surface area contributed by atoms with Crippen LogP contribution in [0.25, 0.3) is 0 Å². The van der Waals surface area contributed by atoms with Gasteiger partial charge < -0.3 is 10.5 Å². The van der Waals surface area contributed by atoms with Crippen molar-refractivity contribution >= 4 is 10.0 Å². The summed E-state index contributed by atoms with van der Waals surface area (Å²) in [7, 11) is -2.00. The van der Waals surface area contributed by atoms with Gasteiger partial charge in [-0.05, 0) is 56.3 Å². The molecule has 118 valence electrons. The fraction of sp³-hybridized carbons (Fsp3) is 0.600. The fourth-order valence-corrected chi connectivity index (χ4v) is 4.68. The highest BCUT2D eigenvalue weighted by molar-refractivity contribution is 7.89. The smallest absolute Gasteiger partial charge is 0.246 e. The summed E-state index contributed by atoms with van der Waals surface area (Å²) in [6.07, 6.45) is 1.64. The zero-order chi connectivity index (χ0) is 15.6. The molecule has 0 atom stereocenters. The number of hydrogen-bond acceptors (Lipinski definition) is 4. The predicted molar refractivity (Wildman–Crippen MR) is 83.0 cm³/mol. The van der Waals surface area contributed by atoms with Crippen LogP contribution in [-0.4, -0.2) is 39.5 Å². The number of nitrogens with two attached hydrogens (primary N) is 1. The Morgan fingerprint density at radius 1 is 1.29 bits per heavy atom. The number of rotatable bonds is 4. The number of ether oxygens (including phenoxy) is 1. The third-order valence-corrected chi connectivity index (χ3v) is 6.02. The summed E-state index contributed by atoms with van der Waals surface area (Å²) in [6.45, 7) is 5.44. The molecular weight excluding hydrogens is 288 g/mol. The first kappa shape index (κ1) is 16.3. The van der Waals surface area contributed by atoms with Crippen molar-refractivity contribution in [2.75, 3.05) is 26.7 Å². The van der Waals surface area contributed by atoms with Gasteiger partial charge in [-0.25, -0.2) is 8.42 Å². The molecule has 1 aliphatic heterocycles. The summed E-state index contributed by atoms with van der Waals surface area (Å²) >= 11 is 0. The minimum absolute atomic E-state index is 0.272. The third kappa shape index (κ3) is 3.22. The quantitative estimate of drug-likeness (QED) is 0.918. The maximum Gasteiger partial charge on any atom is 0.246 e. The number of sulfonamides is 1. The molecule has 21 heavy (non-hydrogen) atoms. The highest BCUT2D eigenvalue weighted by Gasteiger charge is 2.31. The van der Waals surface area contributed by atoms with Crippen LogP contribution >= 0.6 is 0 Å². The SMILES string of the molecule is COc1c(C)cc(C)cc1S(=O)(=O)N1CCC(CN)CC1. The van der Waals surface area contributed by atoms with Crippen LogP contribution in [0.1, 0.15) is 24.0 Å². The highest BCUT2D eigenvalue weighted by Crippen LogP contribution is 2.33. The van der Waals surface area contributed by atoms with E-state index < -0.39 is 10.0 Å². The Morgan fingerprint density at radius 3 is 2.43 bits per heavy atom. The Balaban J connectivity index is 2.36. The molecule has 2 N–H and O–H groups in total. The molecule has 1 saturated heterocycles. The lowest BCUT2D eigenvalue weighted by atomic mass is 9.99. The van der Waals surface area contributed by atoms with E-state index in [1.54, 1.807) is 10.4 Å². The summed E-state index contributed by atoms with van der Waals surface area (Å²) in [5.74, 6) is 0.874. The highest BCUT2D eigenvalue weighted by atomic mass is 32.2. The van der Waals surface area contributed by atoms with Crippen LogP contribution in [0, 0.1) is 19.8 Å². The number of piperidine rings is 1. The summed E-state index contributed by atoms with van der Waals surface area (Å²) in [5.41, 5.74) is 7.43. The molecule has 0 bridgehead atoms. The molecule has 2 rings (SSSR count). The van der Waals surface area contributed by atoms with Crippen LogP contribution in [0.5, 0.6) is 5.75 Å². The van der Waals surface area contributed by atoms with E-state index in [0.29, 0.717) is 31.3 Å². The minimum Gasteiger partial charge on any atom is -0.495 e. The Hall–Kier alpha value is -1.11. The van der Waals surface area contributed by atoms with Crippen LogP contribution in [0.2, 0.25) is 0 Å². The van der Waals surface area contributed by atoms with E-state index in [1.165, 1.54) is 7.11 Å². The van der Waals surface area contributed by atoms with Crippen molar-refractivity contribution in [2.45, 2.75) is 31.6 Å². The van der Waals surface area contributed by atoms with E-state index in [0.717, 1.165) is 24.0 Å². The van der Waals surface area contributed by atoms with Gasteiger partial charge >= 0.3 is 0 Å². The predicted octanol–water partition coefficient (Wildman–Crippen LogP) is 1.67. The Bertz CT molecular complexity index is 606. The molecule has 1 aromatic carbocycles. The van der Waals surface area contributed by atoms with Crippen molar-refractivity contribution in [3.8, 4) is 5.75 Å². The number of nitrogens with zero attached hydrogens (tertiary/aromatic N) is 1. The van der Waals surface area contributed by atoms with Gasteiger partial charge in [-0.15, -0.1) is 0 Å². The van der Waals surface area contributed by atoms with E-state index in [2.05, 4.69) is 0 Å². The zero-order valence-electron chi connectivity index (χ0n) is 12.9. The van der Waals surface area contributed by atoms with Gasteiger partial charge in [0.05, 0.1) is 7.11 Å². The lowest BCUT2D eigenvalue weighted by Crippen LogP contribution is -2.40. The Labute approximate surface area is 127 Å². The zero-order valence-corrected chi connectivity index (χ0v) is 13.7. The molecule has 1 aromatic rings. The maximum absolute atomic E-state index is 12.9. The lowest BCUT2D eigenvalue weighted by molar-refractivity contribution is 0.277. The first-order chi connectivity index (χ1) is 9.90. The summed E-state index contributed by atoms with van der Waals surface area (Å²) < 4.78 is 32.6. The maximum atomic E-state index is 12.9. The van der Waals surface area contributed by atoms with Crippen molar-refractivity contribution in [1.82, 2.24) is 4.31 Å². The van der Waals surface area contributed by atoms with Gasteiger partial charge in [0.2, 0.25) is 10.0 Å². The van der Waals surface area contributed by atoms with Gasteiger partial charge in [0.1, 0.15) is 10.6 Å². The van der Waals surface area contributed by atoms with Gasteiger partial charge in [0, 0.05) is 13.1 Å². The molecule has 0 aliphatic carbocycles. The first-order valence-corrected chi connectivity index (χ1v) is 8.69. The number of hydrogen-bond donors (Lipinski definition) is 1. The van der Waals surface area contributed by atoms with Crippen LogP contribution in [0.3, 0.4) is 0 Å². The Morgan fingerprint density at radius 2 is 1.90 bits per heavy atom. The summed E-state index contributed by atoms with van der Waals surface area (Å²) in [5, 5.41) is 0. The molecular formula is C15H24N2O3S. The average molecular weight is 312 g/mol. The minimum atomic E-state index is -3.51. The van der Waals surface area contributed by atoms with E-state index in [-0.39, 0.29) is 4.90 Å². The second kappa shape index (κ2) is 6.34. The van der Waals surface area contributed by atoms with Gasteiger partial charge in [-0.1, -0.05) is 6.07 Å². The molecule has 1 aliphatic rings. The molecule has 0 saturated carbocycles. The average Bonchev–Trinajstić information content (AvgIpc) is 2.46. The van der Waals surface area contributed by atoms with Crippen molar-refractivity contribution in [2.24, 2.45) is 11.7 Å². The summed E-state index contributed by atoms with van der Waals surface area (Å²) in [6, 6.07) is 3.62. The van der Waals surface area contributed by atoms with Crippen LogP contribution in [-0.2, 0) is 10.0 Å². The molecule has 0 spiro atoms. The standard InChI is InChI=1S/C15H24N2O3S/c1-11-8-12(2)15(20-3)14(9-11)21(18,19)17-6-4-13(10-16)5-7-17/h8-9,13H,4-7,10,16H2,1-3H3. The second-order valence-corrected chi connectivity index (χ2v) is 7.60. The van der Waals surface area contributed by atoms with Crippen LogP contribution in [0.4, 0.5) is 0 Å². The fourth-order valence-electron chi connectivity index (χ4n) is 2.89. The first-order valence-electron chi connectivity index (χ1n) is 7.25. The number of benzene rings is 1. The van der Waals surface area contributed by atoms with E-state index >= 15 is 0 Å². The van der Waals surface area contributed by atoms with Gasteiger partial charge in [-0.2, -0.15) is 4.31 Å². The Kier molecular flexibility index (Phi) is 4.91. The largest absolute Gasteiger partial charge is 0.495 e. The van der Waals surface area contributed by atoms with Gasteiger partial charge in [-0.3, -0.25) is 0 Å².